The van der Waals surface area contributed by atoms with Crippen molar-refractivity contribution in [3.05, 3.63) is 0 Å². The highest BCUT2D eigenvalue weighted by atomic mass is 16.5. The first-order valence-electron chi connectivity index (χ1n) is 5.89. The largest absolute Gasteiger partial charge is 0.468 e. The van der Waals surface area contributed by atoms with Crippen LogP contribution in [-0.4, -0.2) is 24.7 Å². The Morgan fingerprint density at radius 3 is 2.53 bits per heavy atom. The Morgan fingerprint density at radius 1 is 1.33 bits per heavy atom. The van der Waals surface area contributed by atoms with E-state index in [4.69, 9.17) is 4.74 Å². The molecule has 2 rings (SSSR count). The first kappa shape index (κ1) is 10.9. The molecule has 0 heterocycles. The van der Waals surface area contributed by atoms with Gasteiger partial charge in [0.15, 0.2) is 0 Å². The first-order valence-corrected chi connectivity index (χ1v) is 5.89. The SMILES string of the molecule is COC(=O)C(C)(C)NC1CC2CCC1C2. The van der Waals surface area contributed by atoms with Gasteiger partial charge >= 0.3 is 5.97 Å². The standard InChI is InChI=1S/C12H21NO2/c1-12(2,11(14)15-3)13-10-7-8-4-5-9(10)6-8/h8-10,13H,4-7H2,1-3H3. The number of rotatable bonds is 3. The highest BCUT2D eigenvalue weighted by Gasteiger charge is 2.43. The summed E-state index contributed by atoms with van der Waals surface area (Å²) in [5.41, 5.74) is -0.538. The Morgan fingerprint density at radius 2 is 2.07 bits per heavy atom. The quantitative estimate of drug-likeness (QED) is 0.722. The van der Waals surface area contributed by atoms with Crippen LogP contribution in [0, 0.1) is 11.8 Å². The second-order valence-electron chi connectivity index (χ2n) is 5.54. The average molecular weight is 211 g/mol. The molecule has 0 aromatic heterocycles. The lowest BCUT2D eigenvalue weighted by Crippen LogP contribution is -2.53. The molecule has 3 nitrogen and oxygen atoms in total. The second-order valence-corrected chi connectivity index (χ2v) is 5.54. The molecule has 3 heteroatoms. The number of carbonyl (C=O) groups excluding carboxylic acids is 1. The molecule has 0 amide bonds. The Kier molecular flexibility index (Phi) is 2.75. The van der Waals surface area contributed by atoms with Crippen LogP contribution in [0.2, 0.25) is 0 Å². The highest BCUT2D eigenvalue weighted by Crippen LogP contribution is 2.44. The van der Waals surface area contributed by atoms with Gasteiger partial charge in [0.1, 0.15) is 5.54 Å². The number of fused-ring (bicyclic) bond motifs is 2. The lowest BCUT2D eigenvalue weighted by atomic mass is 9.92. The van der Waals surface area contributed by atoms with Gasteiger partial charge in [-0.1, -0.05) is 6.42 Å². The fourth-order valence-electron chi connectivity index (χ4n) is 3.20. The van der Waals surface area contributed by atoms with Crippen molar-refractivity contribution in [2.75, 3.05) is 7.11 Å². The summed E-state index contributed by atoms with van der Waals surface area (Å²) in [5, 5.41) is 3.46. The minimum absolute atomic E-state index is 0.162. The number of ether oxygens (including phenoxy) is 1. The molecule has 2 fully saturated rings. The monoisotopic (exact) mass is 211 g/mol. The van der Waals surface area contributed by atoms with Gasteiger partial charge in [0.2, 0.25) is 0 Å². The van der Waals surface area contributed by atoms with Crippen molar-refractivity contribution >= 4 is 5.97 Å². The number of methoxy groups -OCH3 is 1. The third kappa shape index (κ3) is 2.03. The molecule has 3 unspecified atom stereocenters. The molecule has 2 saturated carbocycles. The second kappa shape index (κ2) is 3.78. The number of hydrogen-bond acceptors (Lipinski definition) is 3. The summed E-state index contributed by atoms with van der Waals surface area (Å²) in [6, 6.07) is 0.526. The molecular weight excluding hydrogens is 190 g/mol. The molecule has 3 atom stereocenters. The van der Waals surface area contributed by atoms with E-state index in [0.717, 1.165) is 11.8 Å². The van der Waals surface area contributed by atoms with Crippen molar-refractivity contribution in [1.29, 1.82) is 0 Å². The van der Waals surface area contributed by atoms with Gasteiger partial charge in [0, 0.05) is 6.04 Å². The van der Waals surface area contributed by atoms with Crippen molar-refractivity contribution in [3.8, 4) is 0 Å². The van der Waals surface area contributed by atoms with E-state index in [1.54, 1.807) is 0 Å². The van der Waals surface area contributed by atoms with Gasteiger partial charge < -0.3 is 4.74 Å². The maximum atomic E-state index is 11.5. The van der Waals surface area contributed by atoms with Crippen molar-refractivity contribution in [1.82, 2.24) is 5.32 Å². The molecule has 15 heavy (non-hydrogen) atoms. The molecule has 86 valence electrons. The van der Waals surface area contributed by atoms with Gasteiger partial charge in [-0.25, -0.2) is 0 Å². The zero-order valence-electron chi connectivity index (χ0n) is 9.88. The molecule has 0 saturated heterocycles. The fourth-order valence-corrected chi connectivity index (χ4v) is 3.20. The Balaban J connectivity index is 1.94. The zero-order chi connectivity index (χ0) is 11.1. The number of hydrogen-bond donors (Lipinski definition) is 1. The van der Waals surface area contributed by atoms with E-state index in [-0.39, 0.29) is 5.97 Å². The van der Waals surface area contributed by atoms with Crippen LogP contribution in [0.3, 0.4) is 0 Å². The fraction of sp³-hybridized carbons (Fsp3) is 0.917. The van der Waals surface area contributed by atoms with Crippen LogP contribution >= 0.6 is 0 Å². The van der Waals surface area contributed by atoms with Crippen LogP contribution in [0.5, 0.6) is 0 Å². The Hall–Kier alpha value is -0.570. The summed E-state index contributed by atoms with van der Waals surface area (Å²) in [6.07, 6.45) is 5.32. The van der Waals surface area contributed by atoms with E-state index in [9.17, 15) is 4.79 Å². The Bertz CT molecular complexity index is 262. The van der Waals surface area contributed by atoms with E-state index in [0.29, 0.717) is 6.04 Å². The van der Waals surface area contributed by atoms with Crippen LogP contribution in [-0.2, 0) is 9.53 Å². The van der Waals surface area contributed by atoms with Gasteiger partial charge in [-0.05, 0) is 44.9 Å². The molecular formula is C12H21NO2. The molecule has 0 spiro atoms. The number of nitrogens with one attached hydrogen (secondary N) is 1. The topological polar surface area (TPSA) is 38.3 Å². The van der Waals surface area contributed by atoms with Crippen LogP contribution < -0.4 is 5.32 Å². The minimum Gasteiger partial charge on any atom is -0.468 e. The van der Waals surface area contributed by atoms with Crippen molar-refractivity contribution in [3.63, 3.8) is 0 Å². The molecule has 0 aromatic carbocycles. The first-order chi connectivity index (χ1) is 7.03. The molecule has 0 aliphatic heterocycles. The summed E-state index contributed by atoms with van der Waals surface area (Å²) < 4.78 is 4.80. The summed E-state index contributed by atoms with van der Waals surface area (Å²) >= 11 is 0. The van der Waals surface area contributed by atoms with Gasteiger partial charge in [0.25, 0.3) is 0 Å². The van der Waals surface area contributed by atoms with Gasteiger partial charge in [-0.15, -0.1) is 0 Å². The maximum Gasteiger partial charge on any atom is 0.325 e. The van der Waals surface area contributed by atoms with Gasteiger partial charge in [-0.2, -0.15) is 0 Å². The van der Waals surface area contributed by atoms with E-state index in [1.807, 2.05) is 13.8 Å². The maximum absolute atomic E-state index is 11.5. The average Bonchev–Trinajstić information content (AvgIpc) is 2.77. The normalized spacial score (nSPS) is 34.5. The molecule has 2 bridgehead atoms. The predicted molar refractivity (Wildman–Crippen MR) is 58.5 cm³/mol. The third-order valence-corrected chi connectivity index (χ3v) is 3.98. The lowest BCUT2D eigenvalue weighted by Gasteiger charge is -2.32. The summed E-state index contributed by atoms with van der Waals surface area (Å²) in [4.78, 5) is 11.5. The predicted octanol–water partition coefficient (Wildman–Crippen LogP) is 1.72. The lowest BCUT2D eigenvalue weighted by molar-refractivity contribution is -0.147. The molecule has 1 N–H and O–H groups in total. The Labute approximate surface area is 91.6 Å². The minimum atomic E-state index is -0.538. The molecule has 0 radical (unpaired) electrons. The van der Waals surface area contributed by atoms with E-state index in [2.05, 4.69) is 5.32 Å². The van der Waals surface area contributed by atoms with Crippen molar-refractivity contribution in [2.45, 2.75) is 51.1 Å². The van der Waals surface area contributed by atoms with Crippen LogP contribution in [0.15, 0.2) is 0 Å². The third-order valence-electron chi connectivity index (χ3n) is 3.98. The summed E-state index contributed by atoms with van der Waals surface area (Å²) in [6.45, 7) is 3.82. The van der Waals surface area contributed by atoms with Crippen LogP contribution in [0.4, 0.5) is 0 Å². The van der Waals surface area contributed by atoms with Gasteiger partial charge in [-0.3, -0.25) is 10.1 Å². The zero-order valence-corrected chi connectivity index (χ0v) is 9.88. The molecule has 2 aliphatic rings. The van der Waals surface area contributed by atoms with E-state index >= 15 is 0 Å². The van der Waals surface area contributed by atoms with Crippen molar-refractivity contribution < 1.29 is 9.53 Å². The summed E-state index contributed by atoms with van der Waals surface area (Å²) in [7, 11) is 1.45. The highest BCUT2D eigenvalue weighted by molar-refractivity contribution is 5.79. The van der Waals surface area contributed by atoms with Crippen molar-refractivity contribution in [2.24, 2.45) is 11.8 Å². The summed E-state index contributed by atoms with van der Waals surface area (Å²) in [5.74, 6) is 1.53. The smallest absolute Gasteiger partial charge is 0.325 e. The molecule has 2 aliphatic carbocycles. The van der Waals surface area contributed by atoms with Gasteiger partial charge in [0.05, 0.1) is 7.11 Å². The van der Waals surface area contributed by atoms with Crippen LogP contribution in [0.1, 0.15) is 39.5 Å². The van der Waals surface area contributed by atoms with Crippen LogP contribution in [0.25, 0.3) is 0 Å². The number of carbonyl (C=O) groups is 1. The number of esters is 1. The van der Waals surface area contributed by atoms with E-state index < -0.39 is 5.54 Å². The molecule has 0 aromatic rings. The van der Waals surface area contributed by atoms with E-state index in [1.165, 1.54) is 32.8 Å².